The van der Waals surface area contributed by atoms with Gasteiger partial charge < -0.3 is 9.84 Å². The molecule has 1 N–H and O–H groups in total. The summed E-state index contributed by atoms with van der Waals surface area (Å²) in [6.07, 6.45) is 6.16. The molecule has 0 aliphatic carbocycles. The number of hydrogen-bond acceptors (Lipinski definition) is 3. The van der Waals surface area contributed by atoms with Crippen LogP contribution in [0.25, 0.3) is 6.08 Å². The standard InChI is InChI=1S/C17H22O3/c1-3-20-17(19)14(2)12-13-16(18)11-7-10-15-8-5-4-6-9-15/h4-10,12,16,18H,3,11,13H2,1-2H3/b10-7+,14-12+/t16-/m0/s1. The van der Waals surface area contributed by atoms with Crippen LogP contribution in [0.4, 0.5) is 0 Å². The van der Waals surface area contributed by atoms with Gasteiger partial charge >= 0.3 is 5.97 Å². The number of aliphatic hydroxyl groups is 1. The SMILES string of the molecule is CCOC(=O)/C(C)=C/C[C@@H](O)C/C=C/c1ccccc1. The molecule has 20 heavy (non-hydrogen) atoms. The Bertz CT molecular complexity index is 460. The van der Waals surface area contributed by atoms with Crippen LogP contribution in [0.3, 0.4) is 0 Å². The minimum atomic E-state index is -0.487. The van der Waals surface area contributed by atoms with Gasteiger partial charge in [-0.05, 0) is 32.3 Å². The van der Waals surface area contributed by atoms with Gasteiger partial charge in [0.15, 0.2) is 0 Å². The monoisotopic (exact) mass is 274 g/mol. The van der Waals surface area contributed by atoms with Crippen molar-refractivity contribution in [1.29, 1.82) is 0 Å². The average molecular weight is 274 g/mol. The summed E-state index contributed by atoms with van der Waals surface area (Å²) in [5.74, 6) is -0.320. The maximum Gasteiger partial charge on any atom is 0.333 e. The van der Waals surface area contributed by atoms with E-state index in [0.717, 1.165) is 5.56 Å². The van der Waals surface area contributed by atoms with Crippen LogP contribution >= 0.6 is 0 Å². The van der Waals surface area contributed by atoms with E-state index in [1.165, 1.54) is 0 Å². The smallest absolute Gasteiger partial charge is 0.333 e. The number of benzene rings is 1. The van der Waals surface area contributed by atoms with Crippen LogP contribution in [0.15, 0.2) is 48.1 Å². The Morgan fingerprint density at radius 3 is 2.65 bits per heavy atom. The van der Waals surface area contributed by atoms with E-state index in [9.17, 15) is 9.90 Å². The zero-order valence-corrected chi connectivity index (χ0v) is 12.1. The Morgan fingerprint density at radius 2 is 2.00 bits per heavy atom. The van der Waals surface area contributed by atoms with Crippen LogP contribution in [0.2, 0.25) is 0 Å². The lowest BCUT2D eigenvalue weighted by Gasteiger charge is -2.06. The topological polar surface area (TPSA) is 46.5 Å². The van der Waals surface area contributed by atoms with Gasteiger partial charge in [-0.25, -0.2) is 4.79 Å². The van der Waals surface area contributed by atoms with Gasteiger partial charge in [-0.1, -0.05) is 48.6 Å². The van der Waals surface area contributed by atoms with Crippen LogP contribution in [0, 0.1) is 0 Å². The van der Waals surface area contributed by atoms with Crippen molar-refractivity contribution in [3.63, 3.8) is 0 Å². The highest BCUT2D eigenvalue weighted by Gasteiger charge is 2.05. The van der Waals surface area contributed by atoms with Gasteiger partial charge in [-0.3, -0.25) is 0 Å². The van der Waals surface area contributed by atoms with E-state index < -0.39 is 6.10 Å². The summed E-state index contributed by atoms with van der Waals surface area (Å²) in [7, 11) is 0. The third kappa shape index (κ3) is 6.34. The highest BCUT2D eigenvalue weighted by Crippen LogP contribution is 2.07. The number of esters is 1. The summed E-state index contributed by atoms with van der Waals surface area (Å²) >= 11 is 0. The second-order valence-corrected chi connectivity index (χ2v) is 4.55. The Hall–Kier alpha value is -1.87. The van der Waals surface area contributed by atoms with Gasteiger partial charge in [0.1, 0.15) is 0 Å². The summed E-state index contributed by atoms with van der Waals surface area (Å²) in [5, 5.41) is 9.84. The molecule has 0 bridgehead atoms. The van der Waals surface area contributed by atoms with Crippen molar-refractivity contribution in [3.05, 3.63) is 53.6 Å². The molecule has 0 aromatic heterocycles. The fourth-order valence-electron chi connectivity index (χ4n) is 1.66. The quantitative estimate of drug-likeness (QED) is 0.612. The molecule has 0 aliphatic heterocycles. The van der Waals surface area contributed by atoms with E-state index in [1.54, 1.807) is 19.9 Å². The third-order valence-electron chi connectivity index (χ3n) is 2.81. The minimum absolute atomic E-state index is 0.320. The number of carbonyl (C=O) groups is 1. The molecular weight excluding hydrogens is 252 g/mol. The van der Waals surface area contributed by atoms with Gasteiger partial charge in [0, 0.05) is 5.57 Å². The molecule has 0 saturated heterocycles. The molecule has 1 aromatic carbocycles. The average Bonchev–Trinajstić information content (AvgIpc) is 2.46. The first-order valence-electron chi connectivity index (χ1n) is 6.87. The second kappa shape index (κ2) is 9.10. The van der Waals surface area contributed by atoms with Crippen molar-refractivity contribution in [1.82, 2.24) is 0 Å². The zero-order chi connectivity index (χ0) is 14.8. The van der Waals surface area contributed by atoms with Crippen molar-refractivity contribution in [2.45, 2.75) is 32.8 Å². The number of carbonyl (C=O) groups excluding carboxylic acids is 1. The molecule has 1 atom stereocenters. The first-order valence-corrected chi connectivity index (χ1v) is 6.87. The molecule has 1 aromatic rings. The van der Waals surface area contributed by atoms with Gasteiger partial charge in [0.25, 0.3) is 0 Å². The summed E-state index contributed by atoms with van der Waals surface area (Å²) in [4.78, 5) is 11.4. The maximum atomic E-state index is 11.4. The second-order valence-electron chi connectivity index (χ2n) is 4.55. The van der Waals surface area contributed by atoms with Crippen LogP contribution in [0.5, 0.6) is 0 Å². The number of ether oxygens (including phenoxy) is 1. The predicted octanol–water partition coefficient (Wildman–Crippen LogP) is 3.35. The Balaban J connectivity index is 2.37. The van der Waals surface area contributed by atoms with Crippen LogP contribution in [-0.2, 0) is 9.53 Å². The first-order chi connectivity index (χ1) is 9.63. The molecule has 0 unspecified atom stereocenters. The minimum Gasteiger partial charge on any atom is -0.463 e. The Labute approximate surface area is 120 Å². The normalized spacial score (nSPS) is 13.4. The molecule has 0 radical (unpaired) electrons. The molecule has 1 rings (SSSR count). The first kappa shape index (κ1) is 16.2. The summed E-state index contributed by atoms with van der Waals surface area (Å²) in [5.41, 5.74) is 1.65. The molecular formula is C17H22O3. The largest absolute Gasteiger partial charge is 0.463 e. The Kier molecular flexibility index (Phi) is 7.36. The van der Waals surface area contributed by atoms with Crippen LogP contribution in [0.1, 0.15) is 32.3 Å². The van der Waals surface area contributed by atoms with Crippen molar-refractivity contribution in [2.75, 3.05) is 6.61 Å². The van der Waals surface area contributed by atoms with E-state index in [-0.39, 0.29) is 5.97 Å². The van der Waals surface area contributed by atoms with Crippen molar-refractivity contribution in [2.24, 2.45) is 0 Å². The highest BCUT2D eigenvalue weighted by atomic mass is 16.5. The molecule has 0 heterocycles. The van der Waals surface area contributed by atoms with Gasteiger partial charge in [0.2, 0.25) is 0 Å². The highest BCUT2D eigenvalue weighted by molar-refractivity contribution is 5.87. The molecule has 0 spiro atoms. The molecule has 0 aliphatic rings. The van der Waals surface area contributed by atoms with Gasteiger partial charge in [0.05, 0.1) is 12.7 Å². The predicted molar refractivity (Wildman–Crippen MR) is 81.1 cm³/mol. The lowest BCUT2D eigenvalue weighted by molar-refractivity contribution is -0.138. The molecule has 108 valence electrons. The zero-order valence-electron chi connectivity index (χ0n) is 12.1. The molecule has 0 fully saturated rings. The van der Waals surface area contributed by atoms with Crippen molar-refractivity contribution >= 4 is 12.0 Å². The summed E-state index contributed by atoms with van der Waals surface area (Å²) < 4.78 is 4.87. The van der Waals surface area contributed by atoms with Gasteiger partial charge in [-0.15, -0.1) is 0 Å². The van der Waals surface area contributed by atoms with Crippen LogP contribution < -0.4 is 0 Å². The molecule has 3 nitrogen and oxygen atoms in total. The molecule has 0 amide bonds. The maximum absolute atomic E-state index is 11.4. The number of hydrogen-bond donors (Lipinski definition) is 1. The van der Waals surface area contributed by atoms with E-state index >= 15 is 0 Å². The summed E-state index contributed by atoms with van der Waals surface area (Å²) in [6.45, 7) is 3.84. The van der Waals surface area contributed by atoms with Crippen molar-refractivity contribution in [3.8, 4) is 0 Å². The lowest BCUT2D eigenvalue weighted by Crippen LogP contribution is -2.07. The van der Waals surface area contributed by atoms with E-state index in [4.69, 9.17) is 4.74 Å². The summed E-state index contributed by atoms with van der Waals surface area (Å²) in [6, 6.07) is 9.93. The fraction of sp³-hybridized carbons (Fsp3) is 0.353. The third-order valence-corrected chi connectivity index (χ3v) is 2.81. The number of rotatable bonds is 7. The van der Waals surface area contributed by atoms with Gasteiger partial charge in [-0.2, -0.15) is 0 Å². The lowest BCUT2D eigenvalue weighted by atomic mass is 10.1. The van der Waals surface area contributed by atoms with E-state index in [0.29, 0.717) is 25.0 Å². The number of aliphatic hydroxyl groups excluding tert-OH is 1. The molecule has 3 heteroatoms. The molecule has 0 saturated carbocycles. The van der Waals surface area contributed by atoms with E-state index in [2.05, 4.69) is 0 Å². The van der Waals surface area contributed by atoms with Crippen LogP contribution in [-0.4, -0.2) is 23.8 Å². The van der Waals surface area contributed by atoms with Crippen molar-refractivity contribution < 1.29 is 14.6 Å². The Morgan fingerprint density at radius 1 is 1.30 bits per heavy atom. The fourth-order valence-corrected chi connectivity index (χ4v) is 1.66. The van der Waals surface area contributed by atoms with E-state index in [1.807, 2.05) is 42.5 Å².